The first-order chi connectivity index (χ1) is 11.4. The molecule has 0 saturated carbocycles. The predicted octanol–water partition coefficient (Wildman–Crippen LogP) is -0.336. The van der Waals surface area contributed by atoms with Crippen molar-refractivity contribution in [2.45, 2.75) is 12.8 Å². The zero-order valence-electron chi connectivity index (χ0n) is 12.7. The average Bonchev–Trinajstić information content (AvgIpc) is 2.51. The van der Waals surface area contributed by atoms with Crippen molar-refractivity contribution in [2.24, 2.45) is 5.73 Å². The number of carboxylic acid groups (broad SMARTS) is 1. The quantitative estimate of drug-likeness (QED) is 0.181. The Bertz CT molecular complexity index is 705. The third kappa shape index (κ3) is 7.46. The van der Waals surface area contributed by atoms with Crippen LogP contribution in [0.25, 0.3) is 0 Å². The summed E-state index contributed by atoms with van der Waals surface area (Å²) in [5.41, 5.74) is 5.98. The molecule has 0 atom stereocenters. The zero-order valence-corrected chi connectivity index (χ0v) is 12.7. The summed E-state index contributed by atoms with van der Waals surface area (Å²) >= 11 is 0. The minimum atomic E-state index is -0.968. The van der Waals surface area contributed by atoms with Crippen LogP contribution in [-0.4, -0.2) is 35.4 Å². The van der Waals surface area contributed by atoms with Crippen molar-refractivity contribution in [1.29, 1.82) is 5.41 Å². The molecule has 0 bridgehead atoms. The Morgan fingerprint density at radius 2 is 2.04 bits per heavy atom. The fourth-order valence-corrected chi connectivity index (χ4v) is 1.55. The molecule has 0 aliphatic carbocycles. The second kappa shape index (κ2) is 9.47. The molecule has 0 aliphatic heterocycles. The Morgan fingerprint density at radius 1 is 1.29 bits per heavy atom. The lowest BCUT2D eigenvalue weighted by molar-refractivity contribution is -0.136. The number of amides is 2. The van der Waals surface area contributed by atoms with Crippen LogP contribution in [0.2, 0.25) is 0 Å². The van der Waals surface area contributed by atoms with Crippen molar-refractivity contribution < 1.29 is 19.5 Å². The van der Waals surface area contributed by atoms with Gasteiger partial charge in [-0.2, -0.15) is 0 Å². The van der Waals surface area contributed by atoms with Crippen LogP contribution >= 0.6 is 0 Å². The molecule has 2 amide bonds. The highest BCUT2D eigenvalue weighted by atomic mass is 16.4. The van der Waals surface area contributed by atoms with Gasteiger partial charge in [-0.1, -0.05) is 12.0 Å². The Labute approximate surface area is 138 Å². The summed E-state index contributed by atoms with van der Waals surface area (Å²) in [6, 6.07) is 8.60. The number of hydrogen-bond donors (Lipinski definition) is 6. The molecule has 0 aromatic heterocycles. The topological polar surface area (TPSA) is 157 Å². The number of carboxylic acids is 1. The van der Waals surface area contributed by atoms with E-state index < -0.39 is 17.8 Å². The Balaban J connectivity index is 2.44. The Morgan fingerprint density at radius 3 is 2.71 bits per heavy atom. The van der Waals surface area contributed by atoms with E-state index in [1.54, 1.807) is 18.2 Å². The largest absolute Gasteiger partial charge is 0.481 e. The van der Waals surface area contributed by atoms with Crippen molar-refractivity contribution in [1.82, 2.24) is 10.6 Å². The highest BCUT2D eigenvalue weighted by Gasteiger charge is 2.08. The van der Waals surface area contributed by atoms with Gasteiger partial charge in [0, 0.05) is 23.7 Å². The maximum absolute atomic E-state index is 11.9. The lowest BCUT2D eigenvalue weighted by atomic mass is 10.2. The van der Waals surface area contributed by atoms with Crippen LogP contribution in [0, 0.1) is 17.4 Å². The van der Waals surface area contributed by atoms with Gasteiger partial charge in [0.15, 0.2) is 5.96 Å². The van der Waals surface area contributed by atoms with Crippen LogP contribution in [0.4, 0.5) is 5.69 Å². The van der Waals surface area contributed by atoms with E-state index >= 15 is 0 Å². The van der Waals surface area contributed by atoms with Crippen molar-refractivity contribution >= 4 is 29.4 Å². The number of benzene rings is 1. The number of aliphatic carboxylic acids is 1. The monoisotopic (exact) mass is 331 g/mol. The van der Waals surface area contributed by atoms with E-state index in [4.69, 9.17) is 16.2 Å². The second-order valence-electron chi connectivity index (χ2n) is 4.55. The number of nitrogens with two attached hydrogens (primary N) is 1. The van der Waals surface area contributed by atoms with Crippen molar-refractivity contribution in [3.63, 3.8) is 0 Å². The number of anilines is 1. The molecule has 1 aromatic rings. The molecule has 0 heterocycles. The van der Waals surface area contributed by atoms with E-state index in [0.717, 1.165) is 0 Å². The molecule has 24 heavy (non-hydrogen) atoms. The van der Waals surface area contributed by atoms with E-state index in [-0.39, 0.29) is 25.3 Å². The molecule has 9 nitrogen and oxygen atoms in total. The SMILES string of the molecule is N=C(N)Nc1cccc(C(=O)NCC(=O)NC#CCCC(=O)O)c1. The zero-order chi connectivity index (χ0) is 17.9. The Kier molecular flexibility index (Phi) is 7.30. The van der Waals surface area contributed by atoms with Gasteiger partial charge in [0.05, 0.1) is 13.0 Å². The second-order valence-corrected chi connectivity index (χ2v) is 4.55. The maximum Gasteiger partial charge on any atom is 0.304 e. The summed E-state index contributed by atoms with van der Waals surface area (Å²) in [6.45, 7) is -0.281. The molecule has 0 radical (unpaired) electrons. The molecule has 0 spiro atoms. The molecule has 126 valence electrons. The number of carbonyl (C=O) groups excluding carboxylic acids is 2. The average molecular weight is 331 g/mol. The normalized spacial score (nSPS) is 9.17. The van der Waals surface area contributed by atoms with Crippen molar-refractivity contribution in [3.05, 3.63) is 29.8 Å². The fraction of sp³-hybridized carbons (Fsp3) is 0.200. The lowest BCUT2D eigenvalue weighted by Crippen LogP contribution is -2.35. The van der Waals surface area contributed by atoms with Crippen molar-refractivity contribution in [2.75, 3.05) is 11.9 Å². The van der Waals surface area contributed by atoms with Gasteiger partial charge in [-0.25, -0.2) is 0 Å². The van der Waals surface area contributed by atoms with Crippen LogP contribution in [0.3, 0.4) is 0 Å². The summed E-state index contributed by atoms with van der Waals surface area (Å²) < 4.78 is 0. The van der Waals surface area contributed by atoms with E-state index in [1.165, 1.54) is 6.07 Å². The molecule has 0 aliphatic rings. The predicted molar refractivity (Wildman–Crippen MR) is 87.1 cm³/mol. The van der Waals surface area contributed by atoms with Crippen LogP contribution in [-0.2, 0) is 9.59 Å². The Hall–Kier alpha value is -3.54. The van der Waals surface area contributed by atoms with Gasteiger partial charge in [0.25, 0.3) is 11.8 Å². The van der Waals surface area contributed by atoms with Gasteiger partial charge < -0.3 is 21.5 Å². The first-order valence-electron chi connectivity index (χ1n) is 6.86. The molecule has 0 saturated heterocycles. The van der Waals surface area contributed by atoms with Gasteiger partial charge in [0.1, 0.15) is 0 Å². The smallest absolute Gasteiger partial charge is 0.304 e. The van der Waals surface area contributed by atoms with Gasteiger partial charge in [0.2, 0.25) is 0 Å². The van der Waals surface area contributed by atoms with Crippen LogP contribution in [0.15, 0.2) is 24.3 Å². The van der Waals surface area contributed by atoms with Gasteiger partial charge in [-0.05, 0) is 18.2 Å². The third-order valence-corrected chi connectivity index (χ3v) is 2.57. The summed E-state index contributed by atoms with van der Waals surface area (Å²) in [6.07, 6.45) is 0.0160. The van der Waals surface area contributed by atoms with Gasteiger partial charge in [-0.3, -0.25) is 25.1 Å². The van der Waals surface area contributed by atoms with E-state index in [0.29, 0.717) is 11.3 Å². The molecule has 0 unspecified atom stereocenters. The highest BCUT2D eigenvalue weighted by Crippen LogP contribution is 2.09. The van der Waals surface area contributed by atoms with E-state index in [9.17, 15) is 14.4 Å². The van der Waals surface area contributed by atoms with Crippen LogP contribution in [0.5, 0.6) is 0 Å². The molecule has 0 fully saturated rings. The minimum absolute atomic E-state index is 0.107. The number of hydrogen-bond acceptors (Lipinski definition) is 4. The molecule has 7 N–H and O–H groups in total. The molecular weight excluding hydrogens is 314 g/mol. The minimum Gasteiger partial charge on any atom is -0.481 e. The molecule has 9 heteroatoms. The number of rotatable bonds is 6. The summed E-state index contributed by atoms with van der Waals surface area (Å²) in [4.78, 5) is 33.7. The summed E-state index contributed by atoms with van der Waals surface area (Å²) in [5, 5.41) is 22.8. The highest BCUT2D eigenvalue weighted by molar-refractivity contribution is 5.98. The lowest BCUT2D eigenvalue weighted by Gasteiger charge is -2.07. The number of nitrogens with one attached hydrogen (secondary N) is 4. The van der Waals surface area contributed by atoms with E-state index in [2.05, 4.69) is 27.9 Å². The maximum atomic E-state index is 11.9. The first kappa shape index (κ1) is 18.5. The van der Waals surface area contributed by atoms with Crippen LogP contribution < -0.4 is 21.7 Å². The summed E-state index contributed by atoms with van der Waals surface area (Å²) in [7, 11) is 0. The number of carbonyl (C=O) groups is 3. The standard InChI is InChI=1S/C15H17N5O4/c16-15(17)20-11-5-3-4-10(8-11)14(24)19-9-12(21)18-7-2-1-6-13(22)23/h3-5,8H,1,6,9H2,(H,18,21)(H,19,24)(H,22,23)(H4,16,17,20). The molecule has 1 rings (SSSR count). The summed E-state index contributed by atoms with van der Waals surface area (Å²) in [5.74, 6) is 0.253. The molecule has 1 aromatic carbocycles. The molecular formula is C15H17N5O4. The van der Waals surface area contributed by atoms with Gasteiger partial charge >= 0.3 is 5.97 Å². The third-order valence-electron chi connectivity index (χ3n) is 2.57. The van der Waals surface area contributed by atoms with Crippen LogP contribution in [0.1, 0.15) is 23.2 Å². The van der Waals surface area contributed by atoms with E-state index in [1.807, 2.05) is 0 Å². The first-order valence-corrected chi connectivity index (χ1v) is 6.86. The number of guanidine groups is 1. The fourth-order valence-electron chi connectivity index (χ4n) is 1.55. The van der Waals surface area contributed by atoms with Gasteiger partial charge in [-0.15, -0.1) is 0 Å². The van der Waals surface area contributed by atoms with Crippen molar-refractivity contribution in [3.8, 4) is 12.0 Å².